The van der Waals surface area contributed by atoms with Crippen molar-refractivity contribution in [2.24, 2.45) is 5.92 Å². The fourth-order valence-electron chi connectivity index (χ4n) is 3.00. The second kappa shape index (κ2) is 10.4. The molecule has 1 aromatic heterocycles. The van der Waals surface area contributed by atoms with Gasteiger partial charge < -0.3 is 14.8 Å². The van der Waals surface area contributed by atoms with E-state index in [-0.39, 0.29) is 18.4 Å². The zero-order chi connectivity index (χ0) is 22.2. The minimum atomic E-state index is -0.764. The highest BCUT2D eigenvalue weighted by molar-refractivity contribution is 5.97. The molecule has 1 atom stereocenters. The van der Waals surface area contributed by atoms with Crippen LogP contribution in [0.15, 0.2) is 73.1 Å². The minimum absolute atomic E-state index is 0.0266. The minimum Gasteiger partial charge on any atom is -0.459 e. The number of esters is 1. The van der Waals surface area contributed by atoms with Gasteiger partial charge in [0.05, 0.1) is 6.20 Å². The van der Waals surface area contributed by atoms with Crippen molar-refractivity contribution >= 4 is 11.9 Å². The lowest BCUT2D eigenvalue weighted by atomic mass is 10.0. The van der Waals surface area contributed by atoms with Gasteiger partial charge in [0.1, 0.15) is 24.1 Å². The number of rotatable bonds is 8. The van der Waals surface area contributed by atoms with E-state index in [9.17, 15) is 9.59 Å². The predicted octanol–water partition coefficient (Wildman–Crippen LogP) is 4.68. The number of nitrogens with zero attached hydrogens (tertiary/aromatic N) is 1. The molecule has 1 amide bonds. The molecule has 3 aromatic rings. The molecule has 3 rings (SSSR count). The second-order valence-corrected chi connectivity index (χ2v) is 7.57. The summed E-state index contributed by atoms with van der Waals surface area (Å²) >= 11 is 0. The Kier molecular flexibility index (Phi) is 7.38. The zero-order valence-corrected chi connectivity index (χ0v) is 17.9. The Labute approximate surface area is 182 Å². The van der Waals surface area contributed by atoms with Crippen LogP contribution in [0.4, 0.5) is 0 Å². The third-order valence-electron chi connectivity index (χ3n) is 4.69. The fraction of sp³-hybridized carbons (Fsp3) is 0.240. The molecule has 0 bridgehead atoms. The van der Waals surface area contributed by atoms with Crippen LogP contribution in [0.25, 0.3) is 0 Å². The Hall–Kier alpha value is -3.67. The number of hydrogen-bond donors (Lipinski definition) is 1. The summed E-state index contributed by atoms with van der Waals surface area (Å²) in [6.45, 7) is 5.67. The molecule has 0 aliphatic rings. The number of carbonyl (C=O) groups is 2. The van der Waals surface area contributed by atoms with E-state index in [2.05, 4.69) is 10.3 Å². The number of hydrogen-bond acceptors (Lipinski definition) is 5. The van der Waals surface area contributed by atoms with Crippen LogP contribution in [-0.2, 0) is 16.1 Å². The lowest BCUT2D eigenvalue weighted by molar-refractivity contribution is -0.148. The molecule has 1 heterocycles. The van der Waals surface area contributed by atoms with Crippen molar-refractivity contribution < 1.29 is 19.1 Å². The summed E-state index contributed by atoms with van der Waals surface area (Å²) in [5, 5.41) is 2.80. The van der Waals surface area contributed by atoms with Gasteiger partial charge in [-0.05, 0) is 43.2 Å². The Morgan fingerprint density at radius 3 is 2.55 bits per heavy atom. The van der Waals surface area contributed by atoms with Crippen LogP contribution in [-0.4, -0.2) is 22.9 Å². The van der Waals surface area contributed by atoms with Gasteiger partial charge in [-0.3, -0.25) is 9.78 Å². The molecule has 2 aromatic carbocycles. The lowest BCUT2D eigenvalue weighted by Gasteiger charge is -2.21. The van der Waals surface area contributed by atoms with Crippen molar-refractivity contribution in [2.75, 3.05) is 0 Å². The van der Waals surface area contributed by atoms with Crippen LogP contribution in [0, 0.1) is 12.8 Å². The van der Waals surface area contributed by atoms with Gasteiger partial charge in [-0.1, -0.05) is 49.7 Å². The van der Waals surface area contributed by atoms with Crippen molar-refractivity contribution in [3.8, 4) is 11.5 Å². The Morgan fingerprint density at radius 1 is 1.03 bits per heavy atom. The highest BCUT2D eigenvalue weighted by Gasteiger charge is 2.26. The SMILES string of the molecule is Cc1cccc(C(=O)N[C@H](C(=O)OCc2ccccc2Oc2cccnc2)C(C)C)c1. The number of aryl methyl sites for hydroxylation is 1. The normalized spacial score (nSPS) is 11.6. The smallest absolute Gasteiger partial charge is 0.329 e. The average Bonchev–Trinajstić information content (AvgIpc) is 2.77. The summed E-state index contributed by atoms with van der Waals surface area (Å²) in [7, 11) is 0. The third-order valence-corrected chi connectivity index (χ3v) is 4.69. The Morgan fingerprint density at radius 2 is 1.84 bits per heavy atom. The number of amides is 1. The van der Waals surface area contributed by atoms with Crippen LogP contribution in [0.5, 0.6) is 11.5 Å². The molecular formula is C25H26N2O4. The molecule has 0 aliphatic heterocycles. The molecule has 31 heavy (non-hydrogen) atoms. The quantitative estimate of drug-likeness (QED) is 0.538. The van der Waals surface area contributed by atoms with Gasteiger partial charge in [-0.25, -0.2) is 4.79 Å². The summed E-state index contributed by atoms with van der Waals surface area (Å²) in [4.78, 5) is 29.4. The number of nitrogens with one attached hydrogen (secondary N) is 1. The molecule has 0 saturated carbocycles. The lowest BCUT2D eigenvalue weighted by Crippen LogP contribution is -2.45. The van der Waals surface area contributed by atoms with Crippen LogP contribution in [0.3, 0.4) is 0 Å². The van der Waals surface area contributed by atoms with E-state index >= 15 is 0 Å². The average molecular weight is 418 g/mol. The van der Waals surface area contributed by atoms with Crippen LogP contribution < -0.4 is 10.1 Å². The van der Waals surface area contributed by atoms with Crippen LogP contribution in [0.1, 0.15) is 35.3 Å². The first-order valence-electron chi connectivity index (χ1n) is 10.1. The molecule has 6 nitrogen and oxygen atoms in total. The summed E-state index contributed by atoms with van der Waals surface area (Å²) in [6.07, 6.45) is 3.27. The molecular weight excluding hydrogens is 392 g/mol. The maximum absolute atomic E-state index is 12.8. The van der Waals surface area contributed by atoms with Gasteiger partial charge >= 0.3 is 5.97 Å². The van der Waals surface area contributed by atoms with E-state index in [1.807, 2.05) is 51.1 Å². The van der Waals surface area contributed by atoms with Gasteiger partial charge in [0.15, 0.2) is 0 Å². The molecule has 6 heteroatoms. The molecule has 1 N–H and O–H groups in total. The molecule has 0 aliphatic carbocycles. The number of pyridine rings is 1. The standard InChI is InChI=1S/C25H26N2O4/c1-17(2)23(27-24(28)19-10-6-8-18(3)14-19)25(29)30-16-20-9-4-5-12-22(20)31-21-11-7-13-26-15-21/h4-15,17,23H,16H2,1-3H3,(H,27,28)/t23-/m0/s1. The first kappa shape index (κ1) is 22.0. The summed E-state index contributed by atoms with van der Waals surface area (Å²) < 4.78 is 11.4. The van der Waals surface area contributed by atoms with Gasteiger partial charge in [-0.15, -0.1) is 0 Å². The summed E-state index contributed by atoms with van der Waals surface area (Å²) in [5.74, 6) is 0.231. The monoisotopic (exact) mass is 418 g/mol. The van der Waals surface area contributed by atoms with Crippen LogP contribution >= 0.6 is 0 Å². The van der Waals surface area contributed by atoms with Gasteiger partial charge in [0, 0.05) is 17.3 Å². The molecule has 0 fully saturated rings. The van der Waals surface area contributed by atoms with Crippen molar-refractivity contribution in [3.63, 3.8) is 0 Å². The first-order valence-corrected chi connectivity index (χ1v) is 10.1. The van der Waals surface area contributed by atoms with Gasteiger partial charge in [0.25, 0.3) is 5.91 Å². The number of carbonyl (C=O) groups excluding carboxylic acids is 2. The maximum atomic E-state index is 12.8. The highest BCUT2D eigenvalue weighted by atomic mass is 16.5. The first-order chi connectivity index (χ1) is 14.9. The second-order valence-electron chi connectivity index (χ2n) is 7.57. The third kappa shape index (κ3) is 6.15. The topological polar surface area (TPSA) is 77.5 Å². The number of ether oxygens (including phenoxy) is 2. The summed E-state index contributed by atoms with van der Waals surface area (Å²) in [6, 6.07) is 17.4. The molecule has 0 unspecified atom stereocenters. The van der Waals surface area contributed by atoms with E-state index in [4.69, 9.17) is 9.47 Å². The van der Waals surface area contributed by atoms with Crippen molar-refractivity contribution in [2.45, 2.75) is 33.4 Å². The van der Waals surface area contributed by atoms with Crippen LogP contribution in [0.2, 0.25) is 0 Å². The summed E-state index contributed by atoms with van der Waals surface area (Å²) in [5.41, 5.74) is 2.20. The number of benzene rings is 2. The van der Waals surface area contributed by atoms with E-state index in [1.54, 1.807) is 42.7 Å². The van der Waals surface area contributed by atoms with Crippen molar-refractivity contribution in [1.82, 2.24) is 10.3 Å². The van der Waals surface area contributed by atoms with E-state index in [0.29, 0.717) is 22.6 Å². The van der Waals surface area contributed by atoms with Gasteiger partial charge in [0.2, 0.25) is 0 Å². The molecule has 0 saturated heterocycles. The Bertz CT molecular complexity index is 1030. The Balaban J connectivity index is 1.66. The van der Waals surface area contributed by atoms with Crippen molar-refractivity contribution in [1.29, 1.82) is 0 Å². The maximum Gasteiger partial charge on any atom is 0.329 e. The molecule has 0 radical (unpaired) electrons. The number of para-hydroxylation sites is 1. The molecule has 160 valence electrons. The highest BCUT2D eigenvalue weighted by Crippen LogP contribution is 2.25. The van der Waals surface area contributed by atoms with Crippen molar-refractivity contribution in [3.05, 3.63) is 89.7 Å². The van der Waals surface area contributed by atoms with Gasteiger partial charge in [-0.2, -0.15) is 0 Å². The number of aromatic nitrogens is 1. The largest absolute Gasteiger partial charge is 0.459 e. The van der Waals surface area contributed by atoms with E-state index in [0.717, 1.165) is 5.56 Å². The van der Waals surface area contributed by atoms with E-state index in [1.165, 1.54) is 0 Å². The fourth-order valence-corrected chi connectivity index (χ4v) is 3.00. The molecule has 0 spiro atoms. The zero-order valence-electron chi connectivity index (χ0n) is 17.9. The predicted molar refractivity (Wildman–Crippen MR) is 118 cm³/mol. The van der Waals surface area contributed by atoms with E-state index < -0.39 is 12.0 Å².